The Bertz CT molecular complexity index is 415. The number of esters is 2. The summed E-state index contributed by atoms with van der Waals surface area (Å²) in [5.41, 5.74) is 0.952. The maximum absolute atomic E-state index is 12.4. The highest BCUT2D eigenvalue weighted by Gasteiger charge is 2.30. The smallest absolute Gasteiger partial charge is 0.334 e. The van der Waals surface area contributed by atoms with Gasteiger partial charge in [0.15, 0.2) is 0 Å². The largest absolute Gasteiger partial charge is 0.462 e. The van der Waals surface area contributed by atoms with E-state index in [0.717, 1.165) is 25.7 Å². The standard InChI is InChI=1S/C18H30O4/c1-12(2)10-21-17(19)14(5)16(15-8-6-7-9-15)18(20)22-11-13(3)4/h12-13,15H,6-11H2,1-5H3/b16-14-. The summed E-state index contributed by atoms with van der Waals surface area (Å²) in [5, 5.41) is 0. The number of rotatable bonds is 7. The summed E-state index contributed by atoms with van der Waals surface area (Å²) in [7, 11) is 0. The SMILES string of the molecule is C/C(C(=O)OCC(C)C)=C(/C(=O)OCC(C)C)C1CCCC1. The molecule has 0 amide bonds. The molecule has 0 spiro atoms. The third-order valence-electron chi connectivity index (χ3n) is 3.79. The maximum Gasteiger partial charge on any atom is 0.334 e. The minimum absolute atomic E-state index is 0.131. The first kappa shape index (κ1) is 18.7. The van der Waals surface area contributed by atoms with Crippen LogP contribution in [0.4, 0.5) is 0 Å². The average Bonchev–Trinajstić information content (AvgIpc) is 2.96. The van der Waals surface area contributed by atoms with Crippen molar-refractivity contribution in [3.05, 3.63) is 11.1 Å². The molecule has 0 N–H and O–H groups in total. The van der Waals surface area contributed by atoms with Crippen molar-refractivity contribution in [1.82, 2.24) is 0 Å². The topological polar surface area (TPSA) is 52.6 Å². The van der Waals surface area contributed by atoms with Crippen molar-refractivity contribution in [2.24, 2.45) is 17.8 Å². The van der Waals surface area contributed by atoms with E-state index >= 15 is 0 Å². The van der Waals surface area contributed by atoms with Crippen LogP contribution in [-0.2, 0) is 19.1 Å². The average molecular weight is 310 g/mol. The molecule has 1 rings (SSSR count). The Kier molecular flexibility index (Phi) is 7.63. The summed E-state index contributed by atoms with van der Waals surface area (Å²) in [6, 6.07) is 0. The fourth-order valence-electron chi connectivity index (χ4n) is 2.62. The lowest BCUT2D eigenvalue weighted by molar-refractivity contribution is -0.143. The fraction of sp³-hybridized carbons (Fsp3) is 0.778. The summed E-state index contributed by atoms with van der Waals surface area (Å²) >= 11 is 0. The van der Waals surface area contributed by atoms with Crippen LogP contribution >= 0.6 is 0 Å². The van der Waals surface area contributed by atoms with Crippen LogP contribution in [0.3, 0.4) is 0 Å². The van der Waals surface area contributed by atoms with Crippen molar-refractivity contribution in [2.45, 2.75) is 60.3 Å². The molecular weight excluding hydrogens is 280 g/mol. The number of hydrogen-bond donors (Lipinski definition) is 0. The van der Waals surface area contributed by atoms with E-state index in [4.69, 9.17) is 9.47 Å². The summed E-state index contributed by atoms with van der Waals surface area (Å²) in [6.07, 6.45) is 4.09. The van der Waals surface area contributed by atoms with Gasteiger partial charge in [0.2, 0.25) is 0 Å². The second-order valence-electron chi connectivity index (χ2n) is 7.00. The molecule has 1 fully saturated rings. The summed E-state index contributed by atoms with van der Waals surface area (Å²) in [4.78, 5) is 24.6. The van der Waals surface area contributed by atoms with Gasteiger partial charge in [-0.3, -0.25) is 0 Å². The predicted octanol–water partition coefficient (Wildman–Crippen LogP) is 3.89. The van der Waals surface area contributed by atoms with Crippen molar-refractivity contribution in [2.75, 3.05) is 13.2 Å². The van der Waals surface area contributed by atoms with Gasteiger partial charge in [-0.05, 0) is 37.5 Å². The molecule has 0 aromatic rings. The molecular formula is C18H30O4. The summed E-state index contributed by atoms with van der Waals surface area (Å²) in [5.74, 6) is -0.0514. The second kappa shape index (κ2) is 8.96. The molecule has 0 saturated heterocycles. The molecule has 1 saturated carbocycles. The molecule has 1 aliphatic carbocycles. The predicted molar refractivity (Wildman–Crippen MR) is 86.3 cm³/mol. The lowest BCUT2D eigenvalue weighted by atomic mass is 9.93. The van der Waals surface area contributed by atoms with Gasteiger partial charge >= 0.3 is 11.9 Å². The first-order valence-electron chi connectivity index (χ1n) is 8.37. The summed E-state index contributed by atoms with van der Waals surface area (Å²) in [6.45, 7) is 10.4. The van der Waals surface area contributed by atoms with Crippen molar-refractivity contribution in [3.63, 3.8) is 0 Å². The molecule has 0 aromatic heterocycles. The number of carbonyl (C=O) groups is 2. The lowest BCUT2D eigenvalue weighted by Gasteiger charge is -2.18. The van der Waals surface area contributed by atoms with Gasteiger partial charge in [-0.1, -0.05) is 40.5 Å². The van der Waals surface area contributed by atoms with Crippen LogP contribution in [0.25, 0.3) is 0 Å². The molecule has 4 nitrogen and oxygen atoms in total. The van der Waals surface area contributed by atoms with Gasteiger partial charge in [0, 0.05) is 5.57 Å². The second-order valence-corrected chi connectivity index (χ2v) is 7.00. The Morgan fingerprint density at radius 3 is 1.82 bits per heavy atom. The fourth-order valence-corrected chi connectivity index (χ4v) is 2.62. The van der Waals surface area contributed by atoms with E-state index in [9.17, 15) is 9.59 Å². The van der Waals surface area contributed by atoms with Gasteiger partial charge in [0.1, 0.15) is 0 Å². The van der Waals surface area contributed by atoms with Crippen LogP contribution in [0.1, 0.15) is 60.3 Å². The highest BCUT2D eigenvalue weighted by molar-refractivity contribution is 6.00. The third-order valence-corrected chi connectivity index (χ3v) is 3.79. The number of hydrogen-bond acceptors (Lipinski definition) is 4. The molecule has 22 heavy (non-hydrogen) atoms. The van der Waals surface area contributed by atoms with E-state index in [0.29, 0.717) is 24.4 Å². The Morgan fingerprint density at radius 1 is 0.909 bits per heavy atom. The van der Waals surface area contributed by atoms with Gasteiger partial charge in [0.05, 0.1) is 18.8 Å². The normalized spacial score (nSPS) is 16.9. The highest BCUT2D eigenvalue weighted by Crippen LogP contribution is 2.33. The Balaban J connectivity index is 2.89. The number of ether oxygens (including phenoxy) is 2. The Labute approximate surface area is 134 Å². The summed E-state index contributed by atoms with van der Waals surface area (Å²) < 4.78 is 10.6. The zero-order valence-electron chi connectivity index (χ0n) is 14.6. The number of carbonyl (C=O) groups excluding carboxylic acids is 2. The van der Waals surface area contributed by atoms with Gasteiger partial charge in [0.25, 0.3) is 0 Å². The monoisotopic (exact) mass is 310 g/mol. The molecule has 0 atom stereocenters. The molecule has 0 heterocycles. The van der Waals surface area contributed by atoms with Gasteiger partial charge < -0.3 is 9.47 Å². The van der Waals surface area contributed by atoms with Crippen molar-refractivity contribution < 1.29 is 19.1 Å². The molecule has 0 radical (unpaired) electrons. The van der Waals surface area contributed by atoms with Crippen LogP contribution in [0.5, 0.6) is 0 Å². The molecule has 126 valence electrons. The molecule has 0 aliphatic heterocycles. The molecule has 1 aliphatic rings. The first-order valence-corrected chi connectivity index (χ1v) is 8.37. The van der Waals surface area contributed by atoms with Crippen molar-refractivity contribution in [1.29, 1.82) is 0 Å². The Hall–Kier alpha value is -1.32. The van der Waals surface area contributed by atoms with Crippen molar-refractivity contribution >= 4 is 11.9 Å². The minimum Gasteiger partial charge on any atom is -0.462 e. The Morgan fingerprint density at radius 2 is 1.36 bits per heavy atom. The van der Waals surface area contributed by atoms with Crippen molar-refractivity contribution in [3.8, 4) is 0 Å². The van der Waals surface area contributed by atoms with Crippen LogP contribution < -0.4 is 0 Å². The van der Waals surface area contributed by atoms with Crippen LogP contribution in [0.15, 0.2) is 11.1 Å². The van der Waals surface area contributed by atoms with E-state index in [1.54, 1.807) is 6.92 Å². The zero-order chi connectivity index (χ0) is 16.7. The van der Waals surface area contributed by atoms with Crippen LogP contribution in [0, 0.1) is 17.8 Å². The molecule has 0 bridgehead atoms. The van der Waals surface area contributed by atoms with E-state index in [2.05, 4.69) is 0 Å². The zero-order valence-corrected chi connectivity index (χ0v) is 14.6. The minimum atomic E-state index is -0.392. The molecule has 0 aromatic carbocycles. The van der Waals surface area contributed by atoms with Gasteiger partial charge in [-0.2, -0.15) is 0 Å². The maximum atomic E-state index is 12.4. The first-order chi connectivity index (χ1) is 10.3. The van der Waals surface area contributed by atoms with E-state index < -0.39 is 5.97 Å². The van der Waals surface area contributed by atoms with E-state index in [1.165, 1.54) is 0 Å². The molecule has 0 unspecified atom stereocenters. The molecule has 4 heteroatoms. The lowest BCUT2D eigenvalue weighted by Crippen LogP contribution is -2.22. The van der Waals surface area contributed by atoms with Crippen LogP contribution in [-0.4, -0.2) is 25.2 Å². The third kappa shape index (κ3) is 5.82. The quantitative estimate of drug-likeness (QED) is 0.529. The highest BCUT2D eigenvalue weighted by atomic mass is 16.5. The van der Waals surface area contributed by atoms with Gasteiger partial charge in [-0.25, -0.2) is 9.59 Å². The van der Waals surface area contributed by atoms with E-state index in [1.807, 2.05) is 27.7 Å². The van der Waals surface area contributed by atoms with Crippen LogP contribution in [0.2, 0.25) is 0 Å². The van der Waals surface area contributed by atoms with Gasteiger partial charge in [-0.15, -0.1) is 0 Å². The van der Waals surface area contributed by atoms with E-state index in [-0.39, 0.29) is 23.7 Å².